The molecule has 18 heavy (non-hydrogen) atoms. The highest BCUT2D eigenvalue weighted by Crippen LogP contribution is 2.64. The van der Waals surface area contributed by atoms with Crippen LogP contribution < -0.4 is 0 Å². The van der Waals surface area contributed by atoms with Gasteiger partial charge >= 0.3 is 0 Å². The van der Waals surface area contributed by atoms with E-state index in [-0.39, 0.29) is 0 Å². The van der Waals surface area contributed by atoms with Crippen molar-refractivity contribution in [3.63, 3.8) is 0 Å². The lowest BCUT2D eigenvalue weighted by atomic mass is 9.63. The van der Waals surface area contributed by atoms with Crippen molar-refractivity contribution in [2.75, 3.05) is 0 Å². The molecule has 0 aromatic heterocycles. The topological polar surface area (TPSA) is 0 Å². The van der Waals surface area contributed by atoms with E-state index in [0.29, 0.717) is 10.8 Å². The third kappa shape index (κ3) is 1.23. The second kappa shape index (κ2) is 3.65. The van der Waals surface area contributed by atoms with Crippen LogP contribution in [-0.4, -0.2) is 7.85 Å². The molecule has 4 rings (SSSR count). The fourth-order valence-electron chi connectivity index (χ4n) is 5.58. The minimum atomic E-state index is 0.556. The first-order valence-corrected chi connectivity index (χ1v) is 7.87. The van der Waals surface area contributed by atoms with Crippen molar-refractivity contribution in [2.45, 2.75) is 68.0 Å². The van der Waals surface area contributed by atoms with Crippen LogP contribution in [0.4, 0.5) is 0 Å². The molecule has 0 amide bonds. The summed E-state index contributed by atoms with van der Waals surface area (Å²) in [6.07, 6.45) is 11.7. The Balaban J connectivity index is 1.90. The molecule has 2 fully saturated rings. The molecule has 1 aromatic carbocycles. The van der Waals surface area contributed by atoms with Crippen molar-refractivity contribution in [1.82, 2.24) is 0 Å². The third-order valence-electron chi connectivity index (χ3n) is 6.45. The number of fused-ring (bicyclic) bond motifs is 3. The summed E-state index contributed by atoms with van der Waals surface area (Å²) in [6.45, 7) is 0. The van der Waals surface area contributed by atoms with E-state index in [0.717, 1.165) is 5.82 Å². The van der Waals surface area contributed by atoms with Gasteiger partial charge in [0.2, 0.25) is 0 Å². The van der Waals surface area contributed by atoms with Gasteiger partial charge in [-0.2, -0.15) is 0 Å². The maximum Gasteiger partial charge on any atom is 0.106 e. The molecule has 0 bridgehead atoms. The Hall–Kier alpha value is -0.715. The zero-order valence-electron chi connectivity index (χ0n) is 11.5. The highest BCUT2D eigenvalue weighted by molar-refractivity contribution is 6.13. The van der Waals surface area contributed by atoms with Crippen molar-refractivity contribution < 1.29 is 0 Å². The summed E-state index contributed by atoms with van der Waals surface area (Å²) in [4.78, 5) is 0. The van der Waals surface area contributed by atoms with Gasteiger partial charge in [-0.15, -0.1) is 0 Å². The van der Waals surface area contributed by atoms with Crippen LogP contribution in [0.3, 0.4) is 0 Å². The number of hydrogen-bond donors (Lipinski definition) is 0. The van der Waals surface area contributed by atoms with E-state index < -0.39 is 0 Å². The maximum absolute atomic E-state index is 2.51. The predicted octanol–water partition coefficient (Wildman–Crippen LogP) is 3.75. The zero-order valence-corrected chi connectivity index (χ0v) is 11.5. The van der Waals surface area contributed by atoms with Crippen LogP contribution in [0.1, 0.15) is 62.5 Å². The Labute approximate surface area is 112 Å². The largest absolute Gasteiger partial charge is 0.106 e. The minimum Gasteiger partial charge on any atom is -0.0620 e. The fraction of sp³-hybridized carbons (Fsp3) is 0.647. The molecule has 0 aliphatic heterocycles. The monoisotopic (exact) mass is 238 g/mol. The van der Waals surface area contributed by atoms with Crippen molar-refractivity contribution in [3.05, 3.63) is 35.4 Å². The van der Waals surface area contributed by atoms with E-state index in [2.05, 4.69) is 32.1 Å². The predicted molar refractivity (Wildman–Crippen MR) is 79.0 cm³/mol. The molecule has 0 heterocycles. The summed E-state index contributed by atoms with van der Waals surface area (Å²) in [5.74, 6) is 0.902. The van der Waals surface area contributed by atoms with Gasteiger partial charge in [0.15, 0.2) is 0 Å². The highest BCUT2D eigenvalue weighted by Gasteiger charge is 2.55. The SMILES string of the molecule is BC1CCCC12CC1(CCCC1)c1ccccc12. The van der Waals surface area contributed by atoms with Gasteiger partial charge in [-0.3, -0.25) is 0 Å². The molecule has 2 saturated carbocycles. The molecule has 0 nitrogen and oxygen atoms in total. The fourth-order valence-corrected chi connectivity index (χ4v) is 5.58. The lowest BCUT2D eigenvalue weighted by molar-refractivity contribution is 0.324. The molecule has 1 heteroatoms. The van der Waals surface area contributed by atoms with E-state index in [4.69, 9.17) is 0 Å². The van der Waals surface area contributed by atoms with Gasteiger partial charge in [-0.25, -0.2) is 0 Å². The summed E-state index contributed by atoms with van der Waals surface area (Å²) >= 11 is 0. The normalized spacial score (nSPS) is 36.6. The van der Waals surface area contributed by atoms with E-state index in [1.807, 2.05) is 0 Å². The zero-order chi connectivity index (χ0) is 12.2. The molecule has 3 aliphatic rings. The van der Waals surface area contributed by atoms with Crippen LogP contribution in [0.2, 0.25) is 5.82 Å². The number of hydrogen-bond acceptors (Lipinski definition) is 0. The number of rotatable bonds is 0. The molecule has 0 radical (unpaired) electrons. The van der Waals surface area contributed by atoms with Gasteiger partial charge in [0.25, 0.3) is 0 Å². The van der Waals surface area contributed by atoms with Gasteiger partial charge in [0.05, 0.1) is 0 Å². The van der Waals surface area contributed by atoms with E-state index in [1.165, 1.54) is 51.4 Å². The molecule has 1 aromatic rings. The average Bonchev–Trinajstić information content (AvgIpc) is 3.06. The summed E-state index contributed by atoms with van der Waals surface area (Å²) in [7, 11) is 2.51. The van der Waals surface area contributed by atoms with Gasteiger partial charge in [-0.1, -0.05) is 55.8 Å². The minimum absolute atomic E-state index is 0.556. The van der Waals surface area contributed by atoms with Crippen LogP contribution in [0.25, 0.3) is 0 Å². The Morgan fingerprint density at radius 3 is 2.33 bits per heavy atom. The van der Waals surface area contributed by atoms with Gasteiger partial charge in [-0.05, 0) is 47.6 Å². The Morgan fingerprint density at radius 1 is 0.944 bits per heavy atom. The Morgan fingerprint density at radius 2 is 1.67 bits per heavy atom. The molecule has 94 valence electrons. The lowest BCUT2D eigenvalue weighted by Crippen LogP contribution is -2.28. The first kappa shape index (κ1) is 11.1. The first-order chi connectivity index (χ1) is 8.77. The second-order valence-corrected chi connectivity index (χ2v) is 7.16. The summed E-state index contributed by atoms with van der Waals surface area (Å²) in [5, 5.41) is 0. The van der Waals surface area contributed by atoms with E-state index >= 15 is 0 Å². The lowest BCUT2D eigenvalue weighted by Gasteiger charge is -2.33. The first-order valence-electron chi connectivity index (χ1n) is 7.87. The van der Waals surface area contributed by atoms with E-state index in [1.54, 1.807) is 11.1 Å². The maximum atomic E-state index is 2.51. The highest BCUT2D eigenvalue weighted by atomic mass is 14.6. The quantitative estimate of drug-likeness (QED) is 0.604. The average molecular weight is 238 g/mol. The number of benzene rings is 1. The van der Waals surface area contributed by atoms with Crippen LogP contribution in [0.15, 0.2) is 24.3 Å². The van der Waals surface area contributed by atoms with Crippen LogP contribution in [0, 0.1) is 0 Å². The van der Waals surface area contributed by atoms with Crippen LogP contribution in [-0.2, 0) is 10.8 Å². The third-order valence-corrected chi connectivity index (χ3v) is 6.45. The second-order valence-electron chi connectivity index (χ2n) is 7.16. The van der Waals surface area contributed by atoms with Crippen LogP contribution in [0.5, 0.6) is 0 Å². The van der Waals surface area contributed by atoms with Crippen LogP contribution >= 0.6 is 0 Å². The standard InChI is InChI=1S/C17H23B/c18-15-8-5-11-17(15)12-16(9-3-4-10-16)13-6-1-2-7-14(13)17/h1-2,6-7,15H,3-5,8-12,18H2. The molecule has 2 spiro atoms. The van der Waals surface area contributed by atoms with Crippen molar-refractivity contribution in [1.29, 1.82) is 0 Å². The smallest absolute Gasteiger partial charge is 0.0620 e. The summed E-state index contributed by atoms with van der Waals surface area (Å²) < 4.78 is 0. The molecule has 0 N–H and O–H groups in total. The van der Waals surface area contributed by atoms with Crippen molar-refractivity contribution in [2.24, 2.45) is 0 Å². The van der Waals surface area contributed by atoms with Gasteiger partial charge in [0.1, 0.15) is 7.85 Å². The van der Waals surface area contributed by atoms with E-state index in [9.17, 15) is 0 Å². The molecule has 3 aliphatic carbocycles. The van der Waals surface area contributed by atoms with Crippen molar-refractivity contribution >= 4 is 7.85 Å². The molecular weight excluding hydrogens is 215 g/mol. The Bertz CT molecular complexity index is 472. The van der Waals surface area contributed by atoms with Crippen molar-refractivity contribution in [3.8, 4) is 0 Å². The summed E-state index contributed by atoms with van der Waals surface area (Å²) in [5.41, 5.74) is 4.63. The molecule has 0 saturated heterocycles. The van der Waals surface area contributed by atoms with Gasteiger partial charge < -0.3 is 0 Å². The molecule has 2 atom stereocenters. The summed E-state index contributed by atoms with van der Waals surface area (Å²) in [6, 6.07) is 9.47. The Kier molecular flexibility index (Phi) is 2.26. The molecule has 2 unspecified atom stereocenters. The van der Waals surface area contributed by atoms with Gasteiger partial charge in [0, 0.05) is 0 Å². The molecular formula is C17H23B.